The molecule has 1 atom stereocenters. The Morgan fingerprint density at radius 2 is 1.76 bits per heavy atom. The Balaban J connectivity index is 1.49. The fraction of sp³-hybridized carbons (Fsp3) is 0.345. The first kappa shape index (κ1) is 28.6. The highest BCUT2D eigenvalue weighted by Gasteiger charge is 2.20. The van der Waals surface area contributed by atoms with Gasteiger partial charge in [-0.1, -0.05) is 36.1 Å². The number of rotatable bonds is 10. The Kier molecular flexibility index (Phi) is 11.1. The number of hydrogen-bond acceptors (Lipinski definition) is 6. The van der Waals surface area contributed by atoms with Gasteiger partial charge in [0, 0.05) is 37.3 Å². The van der Waals surface area contributed by atoms with Crippen LogP contribution in [0.4, 0.5) is 0 Å². The van der Waals surface area contributed by atoms with Gasteiger partial charge in [-0.3, -0.25) is 19.3 Å². The summed E-state index contributed by atoms with van der Waals surface area (Å²) in [5.74, 6) is 4.58. The SMILES string of the molecule is CN(C)CC(=O)NC[C@H](NC(=O)c1ccc(C#C/C=C/c2ccc(CN3CCOCC3)cc2)cc1)C(N)=O. The van der Waals surface area contributed by atoms with Gasteiger partial charge in [-0.2, -0.15) is 0 Å². The van der Waals surface area contributed by atoms with Crippen molar-refractivity contribution in [2.24, 2.45) is 5.73 Å². The molecule has 0 bridgehead atoms. The quantitative estimate of drug-likeness (QED) is 0.402. The molecule has 200 valence electrons. The average Bonchev–Trinajstić information content (AvgIpc) is 2.90. The van der Waals surface area contributed by atoms with Gasteiger partial charge in [0.2, 0.25) is 11.8 Å². The number of carbonyl (C=O) groups is 3. The van der Waals surface area contributed by atoms with Crippen molar-refractivity contribution in [1.29, 1.82) is 0 Å². The van der Waals surface area contributed by atoms with E-state index in [9.17, 15) is 14.4 Å². The second-order valence-electron chi connectivity index (χ2n) is 9.28. The fourth-order valence-corrected chi connectivity index (χ4v) is 3.74. The lowest BCUT2D eigenvalue weighted by Gasteiger charge is -2.26. The molecule has 0 aliphatic carbocycles. The van der Waals surface area contributed by atoms with Gasteiger partial charge in [-0.15, -0.1) is 0 Å². The molecule has 9 nitrogen and oxygen atoms in total. The summed E-state index contributed by atoms with van der Waals surface area (Å²) in [6, 6.07) is 14.1. The maximum absolute atomic E-state index is 12.6. The first-order chi connectivity index (χ1) is 18.3. The number of carbonyl (C=O) groups excluding carboxylic acids is 3. The molecule has 1 heterocycles. The zero-order chi connectivity index (χ0) is 27.3. The predicted octanol–water partition coefficient (Wildman–Crippen LogP) is 0.845. The van der Waals surface area contributed by atoms with Gasteiger partial charge in [0.05, 0.1) is 19.8 Å². The molecule has 1 saturated heterocycles. The van der Waals surface area contributed by atoms with E-state index in [1.807, 2.05) is 6.08 Å². The number of amides is 3. The van der Waals surface area contributed by atoms with Crippen LogP contribution in [0.1, 0.15) is 27.0 Å². The van der Waals surface area contributed by atoms with Crippen LogP contribution >= 0.6 is 0 Å². The normalized spacial score (nSPS) is 14.5. The van der Waals surface area contributed by atoms with Crippen LogP contribution in [0, 0.1) is 11.8 Å². The number of ether oxygens (including phenoxy) is 1. The summed E-state index contributed by atoms with van der Waals surface area (Å²) in [7, 11) is 3.51. The van der Waals surface area contributed by atoms with Crippen molar-refractivity contribution in [3.05, 3.63) is 76.9 Å². The highest BCUT2D eigenvalue weighted by atomic mass is 16.5. The van der Waals surface area contributed by atoms with E-state index < -0.39 is 17.9 Å². The molecular formula is C29H35N5O4. The summed E-state index contributed by atoms with van der Waals surface area (Å²) in [6.07, 6.45) is 3.74. The molecule has 0 unspecified atom stereocenters. The number of allylic oxidation sites excluding steroid dienone is 1. The van der Waals surface area contributed by atoms with E-state index in [4.69, 9.17) is 10.5 Å². The minimum Gasteiger partial charge on any atom is -0.379 e. The molecular weight excluding hydrogens is 482 g/mol. The molecule has 1 aliphatic rings. The number of benzene rings is 2. The average molecular weight is 518 g/mol. The largest absolute Gasteiger partial charge is 0.379 e. The number of nitrogens with two attached hydrogens (primary N) is 1. The molecule has 2 aromatic carbocycles. The van der Waals surface area contributed by atoms with Crippen LogP contribution in [0.15, 0.2) is 54.6 Å². The van der Waals surface area contributed by atoms with Crippen molar-refractivity contribution in [3.8, 4) is 11.8 Å². The third-order valence-corrected chi connectivity index (χ3v) is 5.82. The van der Waals surface area contributed by atoms with Crippen molar-refractivity contribution in [2.75, 3.05) is 53.5 Å². The third-order valence-electron chi connectivity index (χ3n) is 5.82. The van der Waals surface area contributed by atoms with Crippen LogP contribution in [0.25, 0.3) is 6.08 Å². The molecule has 2 aromatic rings. The monoisotopic (exact) mass is 517 g/mol. The Bertz CT molecular complexity index is 1170. The molecule has 38 heavy (non-hydrogen) atoms. The lowest BCUT2D eigenvalue weighted by Crippen LogP contribution is -2.51. The van der Waals surface area contributed by atoms with Gasteiger partial charge < -0.3 is 26.0 Å². The van der Waals surface area contributed by atoms with Crippen LogP contribution < -0.4 is 16.4 Å². The summed E-state index contributed by atoms with van der Waals surface area (Å²) < 4.78 is 5.40. The number of morpholine rings is 1. The minimum atomic E-state index is -1.02. The van der Waals surface area contributed by atoms with E-state index in [0.29, 0.717) is 5.56 Å². The number of hydrogen-bond donors (Lipinski definition) is 3. The van der Waals surface area contributed by atoms with Gasteiger partial charge in [0.25, 0.3) is 5.91 Å². The zero-order valence-electron chi connectivity index (χ0n) is 21.9. The number of likely N-dealkylation sites (N-methyl/N-ethyl adjacent to an activating group) is 1. The first-order valence-electron chi connectivity index (χ1n) is 12.5. The Morgan fingerprint density at radius 1 is 1.08 bits per heavy atom. The van der Waals surface area contributed by atoms with Crippen molar-refractivity contribution in [1.82, 2.24) is 20.4 Å². The van der Waals surface area contributed by atoms with Crippen LogP contribution in [0.3, 0.4) is 0 Å². The molecule has 1 fully saturated rings. The molecule has 0 saturated carbocycles. The van der Waals surface area contributed by atoms with Crippen molar-refractivity contribution in [2.45, 2.75) is 12.6 Å². The standard InChI is InChI=1S/C29H35N5O4/c1-33(2)21-27(35)31-19-26(28(30)36)32-29(37)25-13-11-23(12-14-25)6-4-3-5-22-7-9-24(10-8-22)20-34-15-17-38-18-16-34/h3,5,7-14,26H,15-21H2,1-2H3,(H2,30,36)(H,31,35)(H,32,37)/b5-3+/t26-/m0/s1. The lowest BCUT2D eigenvalue weighted by atomic mass is 10.1. The zero-order valence-corrected chi connectivity index (χ0v) is 21.9. The van der Waals surface area contributed by atoms with Gasteiger partial charge in [0.1, 0.15) is 6.04 Å². The number of nitrogens with one attached hydrogen (secondary N) is 2. The number of primary amides is 1. The molecule has 4 N–H and O–H groups in total. The van der Waals surface area contributed by atoms with Crippen LogP contribution in [0.5, 0.6) is 0 Å². The van der Waals surface area contributed by atoms with Crippen LogP contribution in [-0.2, 0) is 20.9 Å². The van der Waals surface area contributed by atoms with E-state index in [0.717, 1.165) is 44.0 Å². The molecule has 3 rings (SSSR count). The second-order valence-corrected chi connectivity index (χ2v) is 9.28. The molecule has 0 spiro atoms. The summed E-state index contributed by atoms with van der Waals surface area (Å²) in [6.45, 7) is 4.53. The number of nitrogens with zero attached hydrogens (tertiary/aromatic N) is 2. The smallest absolute Gasteiger partial charge is 0.251 e. The highest BCUT2D eigenvalue weighted by molar-refractivity contribution is 5.97. The van der Waals surface area contributed by atoms with E-state index in [1.54, 1.807) is 49.3 Å². The third kappa shape index (κ3) is 9.82. The van der Waals surface area contributed by atoms with Crippen LogP contribution in [-0.4, -0.2) is 87.1 Å². The Hall–Kier alpha value is -3.97. The Labute approximate surface area is 224 Å². The van der Waals surface area contributed by atoms with Gasteiger partial charge in [0.15, 0.2) is 0 Å². The summed E-state index contributed by atoms with van der Waals surface area (Å²) in [4.78, 5) is 40.2. The van der Waals surface area contributed by atoms with Crippen LogP contribution in [0.2, 0.25) is 0 Å². The van der Waals surface area contributed by atoms with Gasteiger partial charge in [-0.05, 0) is 61.6 Å². The Morgan fingerprint density at radius 3 is 2.39 bits per heavy atom. The second kappa shape index (κ2) is 14.7. The summed E-state index contributed by atoms with van der Waals surface area (Å²) in [5.41, 5.74) is 8.83. The van der Waals surface area contributed by atoms with E-state index in [1.165, 1.54) is 5.56 Å². The molecule has 0 aromatic heterocycles. The maximum atomic E-state index is 12.6. The van der Waals surface area contributed by atoms with E-state index in [-0.39, 0.29) is 19.0 Å². The predicted molar refractivity (Wildman–Crippen MR) is 147 cm³/mol. The summed E-state index contributed by atoms with van der Waals surface area (Å²) >= 11 is 0. The molecule has 0 radical (unpaired) electrons. The van der Waals surface area contributed by atoms with Gasteiger partial charge in [-0.25, -0.2) is 0 Å². The lowest BCUT2D eigenvalue weighted by molar-refractivity contribution is -0.122. The molecule has 1 aliphatic heterocycles. The van der Waals surface area contributed by atoms with E-state index >= 15 is 0 Å². The topological polar surface area (TPSA) is 117 Å². The van der Waals surface area contributed by atoms with Crippen molar-refractivity contribution >= 4 is 23.8 Å². The molecule has 9 heteroatoms. The minimum absolute atomic E-state index is 0.0831. The highest BCUT2D eigenvalue weighted by Crippen LogP contribution is 2.10. The van der Waals surface area contributed by atoms with Crippen molar-refractivity contribution in [3.63, 3.8) is 0 Å². The fourth-order valence-electron chi connectivity index (χ4n) is 3.74. The van der Waals surface area contributed by atoms with Gasteiger partial charge >= 0.3 is 0 Å². The first-order valence-corrected chi connectivity index (χ1v) is 12.5. The van der Waals surface area contributed by atoms with E-state index in [2.05, 4.69) is 51.6 Å². The maximum Gasteiger partial charge on any atom is 0.251 e. The summed E-state index contributed by atoms with van der Waals surface area (Å²) in [5, 5.41) is 5.15. The molecule has 3 amide bonds. The van der Waals surface area contributed by atoms with Crippen molar-refractivity contribution < 1.29 is 19.1 Å².